The summed E-state index contributed by atoms with van der Waals surface area (Å²) in [5.41, 5.74) is 0.619. The van der Waals surface area contributed by atoms with E-state index in [0.717, 1.165) is 11.6 Å². The summed E-state index contributed by atoms with van der Waals surface area (Å²) < 4.78 is 18.5. The van der Waals surface area contributed by atoms with E-state index in [1.807, 2.05) is 0 Å². The molecule has 1 saturated carbocycles. The van der Waals surface area contributed by atoms with Crippen LogP contribution in [-0.2, 0) is 0 Å². The van der Waals surface area contributed by atoms with Crippen LogP contribution in [0.4, 0.5) is 4.39 Å². The van der Waals surface area contributed by atoms with Crippen molar-refractivity contribution >= 4 is 5.91 Å². The maximum Gasteiger partial charge on any atom is 0.255 e. The molecule has 0 aliphatic heterocycles. The Morgan fingerprint density at radius 3 is 2.72 bits per heavy atom. The van der Waals surface area contributed by atoms with E-state index in [1.54, 1.807) is 18.3 Å². The molecule has 7 heteroatoms. The monoisotopic (exact) mass is 346 g/mol. The topological polar surface area (TPSA) is 91.7 Å². The lowest BCUT2D eigenvalue weighted by molar-refractivity contribution is 0.0234. The summed E-state index contributed by atoms with van der Waals surface area (Å²) in [5.74, 6) is -1.64. The second-order valence-electron chi connectivity index (χ2n) is 6.11. The zero-order valence-corrected chi connectivity index (χ0v) is 13.6. The number of rotatable bonds is 5. The number of halogens is 1. The van der Waals surface area contributed by atoms with E-state index in [1.165, 1.54) is 19.2 Å². The first-order chi connectivity index (χ1) is 12.0. The highest BCUT2D eigenvalue weighted by molar-refractivity contribution is 5.97. The average molecular weight is 346 g/mol. The quantitative estimate of drug-likeness (QED) is 0.772. The van der Waals surface area contributed by atoms with E-state index < -0.39 is 29.6 Å². The normalized spacial score (nSPS) is 20.4. The first kappa shape index (κ1) is 17.2. The summed E-state index contributed by atoms with van der Waals surface area (Å²) in [4.78, 5) is 16.6. The van der Waals surface area contributed by atoms with Crippen molar-refractivity contribution in [2.24, 2.45) is 5.92 Å². The van der Waals surface area contributed by atoms with Crippen LogP contribution in [0.15, 0.2) is 36.5 Å². The zero-order chi connectivity index (χ0) is 18.0. The fraction of sp³-hybridized carbons (Fsp3) is 0.333. The number of aliphatic hydroxyl groups excluding tert-OH is 1. The van der Waals surface area contributed by atoms with Crippen molar-refractivity contribution in [3.8, 4) is 11.6 Å². The highest BCUT2D eigenvalue weighted by Gasteiger charge is 2.36. The lowest BCUT2D eigenvalue weighted by atomic mass is 9.75. The number of para-hydroxylation sites is 1. The van der Waals surface area contributed by atoms with Gasteiger partial charge < -0.3 is 20.3 Å². The molecule has 1 atom stereocenters. The first-order valence-corrected chi connectivity index (χ1v) is 7.96. The second kappa shape index (κ2) is 7.06. The van der Waals surface area contributed by atoms with E-state index >= 15 is 0 Å². The molecule has 3 rings (SSSR count). The predicted molar refractivity (Wildman–Crippen MR) is 87.8 cm³/mol. The number of methoxy groups -OCH3 is 1. The Balaban J connectivity index is 1.84. The molecule has 1 aliphatic rings. The van der Waals surface area contributed by atoms with Gasteiger partial charge in [0.25, 0.3) is 5.91 Å². The third kappa shape index (κ3) is 3.56. The molecule has 1 heterocycles. The number of benzene rings is 1. The first-order valence-electron chi connectivity index (χ1n) is 7.96. The van der Waals surface area contributed by atoms with Crippen molar-refractivity contribution in [1.82, 2.24) is 10.3 Å². The maximum absolute atomic E-state index is 13.5. The number of phenols is 1. The average Bonchev–Trinajstić information content (AvgIpc) is 2.59. The Morgan fingerprint density at radius 1 is 1.36 bits per heavy atom. The second-order valence-corrected chi connectivity index (χ2v) is 6.11. The molecule has 3 N–H and O–H groups in total. The molecule has 6 nitrogen and oxygen atoms in total. The lowest BCUT2D eigenvalue weighted by Crippen LogP contribution is -2.41. The van der Waals surface area contributed by atoms with Gasteiger partial charge in [-0.1, -0.05) is 12.1 Å². The fourth-order valence-electron chi connectivity index (χ4n) is 2.99. The van der Waals surface area contributed by atoms with Crippen LogP contribution in [-0.4, -0.2) is 34.3 Å². The Morgan fingerprint density at radius 2 is 2.12 bits per heavy atom. The standard InChI is InChI=1S/C18H19FN2O4/c1-25-15-6-5-10(9-20-15)16(11-7-12(22)8-11)21-18(24)13-3-2-4-14(19)17(13)23/h2-6,9,11-12,16,22-23H,7-8H2,1H3,(H,21,24)/t11?,12?,16-/m1/s1. The molecular formula is C18H19FN2O4. The minimum Gasteiger partial charge on any atom is -0.504 e. The van der Waals surface area contributed by atoms with Crippen LogP contribution in [0.25, 0.3) is 0 Å². The minimum atomic E-state index is -0.852. The smallest absolute Gasteiger partial charge is 0.255 e. The lowest BCUT2D eigenvalue weighted by Gasteiger charge is -2.38. The number of aromatic nitrogens is 1. The number of carbonyl (C=O) groups is 1. The van der Waals surface area contributed by atoms with E-state index in [0.29, 0.717) is 18.7 Å². The maximum atomic E-state index is 13.5. The SMILES string of the molecule is COc1ccc([C@@H](NC(=O)c2cccc(F)c2O)C2CC(O)C2)cn1. The van der Waals surface area contributed by atoms with Crippen molar-refractivity contribution < 1.29 is 24.1 Å². The van der Waals surface area contributed by atoms with Gasteiger partial charge in [-0.05, 0) is 36.5 Å². The summed E-state index contributed by atoms with van der Waals surface area (Å²) >= 11 is 0. The summed E-state index contributed by atoms with van der Waals surface area (Å²) in [6.07, 6.45) is 2.30. The van der Waals surface area contributed by atoms with Crippen LogP contribution < -0.4 is 10.1 Å². The van der Waals surface area contributed by atoms with Crippen LogP contribution in [0.3, 0.4) is 0 Å². The van der Waals surface area contributed by atoms with Gasteiger partial charge in [0.05, 0.1) is 24.8 Å². The third-order valence-electron chi connectivity index (χ3n) is 4.47. The fourth-order valence-corrected chi connectivity index (χ4v) is 2.99. The van der Waals surface area contributed by atoms with E-state index in [2.05, 4.69) is 10.3 Å². The molecule has 2 aromatic rings. The molecular weight excluding hydrogens is 327 g/mol. The summed E-state index contributed by atoms with van der Waals surface area (Å²) in [7, 11) is 1.51. The highest BCUT2D eigenvalue weighted by Crippen LogP contribution is 2.38. The van der Waals surface area contributed by atoms with Crippen molar-refractivity contribution in [3.63, 3.8) is 0 Å². The van der Waals surface area contributed by atoms with Crippen LogP contribution in [0.5, 0.6) is 11.6 Å². The number of aromatic hydroxyl groups is 1. The molecule has 1 amide bonds. The van der Waals surface area contributed by atoms with Gasteiger partial charge in [0, 0.05) is 12.3 Å². The van der Waals surface area contributed by atoms with Crippen LogP contribution in [0, 0.1) is 11.7 Å². The molecule has 0 unspecified atom stereocenters. The largest absolute Gasteiger partial charge is 0.504 e. The third-order valence-corrected chi connectivity index (χ3v) is 4.47. The van der Waals surface area contributed by atoms with Crippen molar-refractivity contribution in [2.75, 3.05) is 7.11 Å². The van der Waals surface area contributed by atoms with Gasteiger partial charge in [0.15, 0.2) is 11.6 Å². The Kier molecular flexibility index (Phi) is 4.85. The Bertz CT molecular complexity index is 760. The number of ether oxygens (including phenoxy) is 1. The van der Waals surface area contributed by atoms with Crippen molar-refractivity contribution in [3.05, 3.63) is 53.5 Å². The van der Waals surface area contributed by atoms with Gasteiger partial charge in [0.1, 0.15) is 0 Å². The molecule has 0 spiro atoms. The van der Waals surface area contributed by atoms with Crippen LogP contribution in [0.1, 0.15) is 34.8 Å². The van der Waals surface area contributed by atoms with Crippen molar-refractivity contribution in [1.29, 1.82) is 0 Å². The number of phenolic OH excluding ortho intramolecular Hbond substituents is 1. The number of aliphatic hydroxyl groups is 1. The van der Waals surface area contributed by atoms with Crippen molar-refractivity contribution in [2.45, 2.75) is 25.0 Å². The molecule has 132 valence electrons. The molecule has 25 heavy (non-hydrogen) atoms. The summed E-state index contributed by atoms with van der Waals surface area (Å²) in [6, 6.07) is 6.86. The molecule has 1 aromatic carbocycles. The molecule has 1 aromatic heterocycles. The Labute approximate surface area is 144 Å². The molecule has 0 radical (unpaired) electrons. The zero-order valence-electron chi connectivity index (χ0n) is 13.6. The van der Waals surface area contributed by atoms with E-state index in [4.69, 9.17) is 4.74 Å². The molecule has 0 bridgehead atoms. The van der Waals surface area contributed by atoms with Gasteiger partial charge >= 0.3 is 0 Å². The number of nitrogens with zero attached hydrogens (tertiary/aromatic N) is 1. The van der Waals surface area contributed by atoms with Gasteiger partial charge in [-0.15, -0.1) is 0 Å². The molecule has 1 aliphatic carbocycles. The predicted octanol–water partition coefficient (Wildman–Crippen LogP) is 2.18. The number of nitrogens with one attached hydrogen (secondary N) is 1. The summed E-state index contributed by atoms with van der Waals surface area (Å²) in [6.45, 7) is 0. The van der Waals surface area contributed by atoms with Gasteiger partial charge in [-0.25, -0.2) is 9.37 Å². The molecule has 0 saturated heterocycles. The number of hydrogen-bond acceptors (Lipinski definition) is 5. The van der Waals surface area contributed by atoms with Gasteiger partial charge in [0.2, 0.25) is 5.88 Å². The number of carbonyl (C=O) groups excluding carboxylic acids is 1. The van der Waals surface area contributed by atoms with Gasteiger partial charge in [-0.2, -0.15) is 0 Å². The number of pyridine rings is 1. The van der Waals surface area contributed by atoms with Gasteiger partial charge in [-0.3, -0.25) is 4.79 Å². The van der Waals surface area contributed by atoms with E-state index in [9.17, 15) is 19.4 Å². The Hall–Kier alpha value is -2.67. The summed E-state index contributed by atoms with van der Waals surface area (Å²) in [5, 5.41) is 22.2. The number of hydrogen-bond donors (Lipinski definition) is 3. The van der Waals surface area contributed by atoms with Crippen LogP contribution in [0.2, 0.25) is 0 Å². The number of amides is 1. The molecule has 1 fully saturated rings. The van der Waals surface area contributed by atoms with Crippen LogP contribution >= 0.6 is 0 Å². The van der Waals surface area contributed by atoms with E-state index in [-0.39, 0.29) is 11.5 Å². The minimum absolute atomic E-state index is 0.0323. The highest BCUT2D eigenvalue weighted by atomic mass is 19.1.